The molecule has 5 nitrogen and oxygen atoms in total. The van der Waals surface area contributed by atoms with Crippen molar-refractivity contribution in [1.82, 2.24) is 9.55 Å². The van der Waals surface area contributed by atoms with Gasteiger partial charge < -0.3 is 14.8 Å². The highest BCUT2D eigenvalue weighted by Gasteiger charge is 2.64. The number of thioether (sulfide) groups is 1. The van der Waals surface area contributed by atoms with Gasteiger partial charge in [-0.15, -0.1) is 11.8 Å². The lowest BCUT2D eigenvalue weighted by molar-refractivity contribution is -0.268. The van der Waals surface area contributed by atoms with E-state index in [4.69, 9.17) is 0 Å². The highest BCUT2D eigenvalue weighted by molar-refractivity contribution is 7.98. The Labute approximate surface area is 168 Å². The summed E-state index contributed by atoms with van der Waals surface area (Å²) in [6.45, 7) is 0. The molecule has 0 saturated carbocycles. The van der Waals surface area contributed by atoms with Gasteiger partial charge in [0.15, 0.2) is 0 Å². The topological polar surface area (TPSA) is 75.3 Å². The van der Waals surface area contributed by atoms with Crippen LogP contribution in [0.15, 0.2) is 59.6 Å². The number of rotatable bonds is 5. The molecule has 29 heavy (non-hydrogen) atoms. The predicted octanol–water partition coefficient (Wildman–Crippen LogP) is 4.31. The average molecular weight is 422 g/mol. The molecule has 2 N–H and O–H groups in total. The van der Waals surface area contributed by atoms with Crippen LogP contribution in [0.3, 0.4) is 0 Å². The molecule has 0 saturated heterocycles. The van der Waals surface area contributed by atoms with Gasteiger partial charge in [0, 0.05) is 12.6 Å². The summed E-state index contributed by atoms with van der Waals surface area (Å²) < 4.78 is 41.5. The first-order valence-electron chi connectivity index (χ1n) is 8.40. The van der Waals surface area contributed by atoms with Gasteiger partial charge in [0.25, 0.3) is 0 Å². The minimum atomic E-state index is -5.43. The van der Waals surface area contributed by atoms with Crippen LogP contribution >= 0.6 is 11.8 Å². The van der Waals surface area contributed by atoms with Crippen molar-refractivity contribution in [2.24, 2.45) is 7.05 Å². The molecule has 0 radical (unpaired) electrons. The monoisotopic (exact) mass is 422 g/mol. The molecule has 3 rings (SSSR count). The minimum absolute atomic E-state index is 0.118. The minimum Gasteiger partial charge on any atom is -0.479 e. The maximum Gasteiger partial charge on any atom is 0.434 e. The number of hydrogen-bond acceptors (Lipinski definition) is 4. The van der Waals surface area contributed by atoms with Crippen LogP contribution in [0, 0.1) is 0 Å². The molecule has 3 aromatic rings. The summed E-state index contributed by atoms with van der Waals surface area (Å²) in [5, 5.41) is 19.1. The Morgan fingerprint density at radius 2 is 1.52 bits per heavy atom. The molecule has 0 aliphatic heterocycles. The molecule has 0 amide bonds. The third-order valence-corrected chi connectivity index (χ3v) is 5.24. The van der Waals surface area contributed by atoms with Crippen LogP contribution in [0.2, 0.25) is 0 Å². The number of alkyl halides is 3. The largest absolute Gasteiger partial charge is 0.479 e. The van der Waals surface area contributed by atoms with Crippen molar-refractivity contribution in [2.75, 3.05) is 6.26 Å². The van der Waals surface area contributed by atoms with Gasteiger partial charge in [-0.3, -0.25) is 0 Å². The van der Waals surface area contributed by atoms with E-state index >= 15 is 0 Å². The second-order valence-corrected chi connectivity index (χ2v) is 7.10. The van der Waals surface area contributed by atoms with E-state index in [1.165, 1.54) is 13.3 Å². The predicted molar refractivity (Wildman–Crippen MR) is 103 cm³/mol. The van der Waals surface area contributed by atoms with Crippen molar-refractivity contribution in [3.05, 3.63) is 60.3 Å². The van der Waals surface area contributed by atoms with Gasteiger partial charge in [-0.2, -0.15) is 13.2 Å². The Bertz CT molecular complexity index is 1030. The van der Waals surface area contributed by atoms with Crippen LogP contribution in [-0.2, 0) is 17.4 Å². The highest BCUT2D eigenvalue weighted by atomic mass is 32.2. The maximum absolute atomic E-state index is 13.5. The molecule has 1 atom stereocenters. The van der Waals surface area contributed by atoms with Crippen LogP contribution < -0.4 is 0 Å². The molecular weight excluding hydrogens is 405 g/mol. The molecule has 1 unspecified atom stereocenters. The fourth-order valence-electron chi connectivity index (χ4n) is 3.07. The van der Waals surface area contributed by atoms with E-state index in [-0.39, 0.29) is 10.9 Å². The summed E-state index contributed by atoms with van der Waals surface area (Å²) in [5.74, 6) is -2.29. The van der Waals surface area contributed by atoms with E-state index in [0.29, 0.717) is 5.56 Å². The lowest BCUT2D eigenvalue weighted by atomic mass is 9.99. The number of aliphatic hydroxyl groups is 1. The number of nitrogens with zero attached hydrogens (tertiary/aromatic N) is 2. The Morgan fingerprint density at radius 1 is 1.00 bits per heavy atom. The quantitative estimate of drug-likeness (QED) is 0.600. The summed E-state index contributed by atoms with van der Waals surface area (Å²) in [6, 6.07) is 16.5. The Hall–Kier alpha value is -2.78. The van der Waals surface area contributed by atoms with Gasteiger partial charge >= 0.3 is 17.7 Å². The number of carbonyl (C=O) groups is 1. The number of hydrogen-bond donors (Lipinski definition) is 2. The molecule has 1 aromatic heterocycles. The maximum atomic E-state index is 13.5. The van der Waals surface area contributed by atoms with Crippen LogP contribution in [0.25, 0.3) is 22.5 Å². The van der Waals surface area contributed by atoms with Crippen molar-refractivity contribution in [2.45, 2.75) is 16.8 Å². The first kappa shape index (κ1) is 20.9. The summed E-state index contributed by atoms with van der Waals surface area (Å²) in [5.41, 5.74) is -2.53. The molecule has 0 fully saturated rings. The fraction of sp³-hybridized carbons (Fsp3) is 0.200. The van der Waals surface area contributed by atoms with Crippen LogP contribution in [-0.4, -0.2) is 38.2 Å². The Balaban J connectivity index is 2.12. The van der Waals surface area contributed by atoms with Crippen LogP contribution in [0.5, 0.6) is 0 Å². The number of carboxylic acids is 1. The summed E-state index contributed by atoms with van der Waals surface area (Å²) in [6.07, 6.45) is -3.96. The molecule has 0 spiro atoms. The molecule has 0 aliphatic carbocycles. The second-order valence-electron chi connectivity index (χ2n) is 6.31. The fourth-order valence-corrected chi connectivity index (χ4v) is 3.73. The van der Waals surface area contributed by atoms with Gasteiger partial charge in [0.05, 0.1) is 0 Å². The zero-order valence-electron chi connectivity index (χ0n) is 15.4. The number of carboxylic acid groups (broad SMARTS) is 1. The molecule has 152 valence electrons. The Kier molecular flexibility index (Phi) is 5.46. The summed E-state index contributed by atoms with van der Waals surface area (Å²) in [4.78, 5) is 15.6. The molecule has 0 aliphatic rings. The van der Waals surface area contributed by atoms with Gasteiger partial charge in [-0.25, -0.2) is 9.78 Å². The smallest absolute Gasteiger partial charge is 0.434 e. The van der Waals surface area contributed by atoms with Gasteiger partial charge in [-0.05, 0) is 17.4 Å². The normalized spacial score (nSPS) is 13.9. The molecule has 0 bridgehead atoms. The standard InChI is InChI=1S/C20H17F3N2O3S/c1-25-15(19(28,18(26)27)20(21,22)23)17(29-2)24-16(25)14-10-8-13(9-11-14)12-6-4-3-5-7-12/h3-11,28H,1-2H3,(H,26,27). The van der Waals surface area contributed by atoms with E-state index in [0.717, 1.165) is 27.5 Å². The third-order valence-electron chi connectivity index (χ3n) is 4.57. The number of benzene rings is 2. The Morgan fingerprint density at radius 3 is 2.00 bits per heavy atom. The first-order chi connectivity index (χ1) is 13.6. The third kappa shape index (κ3) is 3.51. The van der Waals surface area contributed by atoms with Crippen molar-refractivity contribution >= 4 is 17.7 Å². The number of aromatic nitrogens is 2. The molecular formula is C20H17F3N2O3S. The number of aliphatic carboxylic acids is 1. The van der Waals surface area contributed by atoms with Crippen LogP contribution in [0.1, 0.15) is 5.69 Å². The van der Waals surface area contributed by atoms with E-state index in [9.17, 15) is 28.2 Å². The van der Waals surface area contributed by atoms with Crippen LogP contribution in [0.4, 0.5) is 13.2 Å². The molecule has 9 heteroatoms. The van der Waals surface area contributed by atoms with E-state index in [1.54, 1.807) is 24.3 Å². The van der Waals surface area contributed by atoms with Gasteiger partial charge in [0.1, 0.15) is 16.5 Å². The number of halogens is 3. The van der Waals surface area contributed by atoms with Crippen molar-refractivity contribution in [3.8, 4) is 22.5 Å². The zero-order chi connectivity index (χ0) is 21.4. The summed E-state index contributed by atoms with van der Waals surface area (Å²) in [7, 11) is 1.25. The lowest BCUT2D eigenvalue weighted by Gasteiger charge is -2.27. The lowest BCUT2D eigenvalue weighted by Crippen LogP contribution is -2.50. The first-order valence-corrected chi connectivity index (χ1v) is 9.63. The second kappa shape index (κ2) is 7.57. The average Bonchev–Trinajstić information content (AvgIpc) is 3.03. The van der Waals surface area contributed by atoms with Gasteiger partial charge in [0.2, 0.25) is 0 Å². The van der Waals surface area contributed by atoms with E-state index < -0.39 is 23.4 Å². The zero-order valence-corrected chi connectivity index (χ0v) is 16.3. The summed E-state index contributed by atoms with van der Waals surface area (Å²) >= 11 is 0.830. The van der Waals surface area contributed by atoms with E-state index in [1.807, 2.05) is 30.3 Å². The van der Waals surface area contributed by atoms with Crippen molar-refractivity contribution in [1.29, 1.82) is 0 Å². The van der Waals surface area contributed by atoms with E-state index in [2.05, 4.69) is 4.98 Å². The van der Waals surface area contributed by atoms with Crippen molar-refractivity contribution < 1.29 is 28.2 Å². The van der Waals surface area contributed by atoms with Gasteiger partial charge in [-0.1, -0.05) is 54.6 Å². The molecule has 2 aromatic carbocycles. The SMILES string of the molecule is CSc1nc(-c2ccc(-c3ccccc3)cc2)n(C)c1C(O)(C(=O)O)C(F)(F)F. The van der Waals surface area contributed by atoms with Crippen molar-refractivity contribution in [3.63, 3.8) is 0 Å². The molecule has 1 heterocycles. The number of imidazole rings is 1. The highest BCUT2D eigenvalue weighted by Crippen LogP contribution is 2.44.